The van der Waals surface area contributed by atoms with E-state index in [-0.39, 0.29) is 6.04 Å². The molecule has 0 radical (unpaired) electrons. The molecule has 0 aromatic carbocycles. The predicted octanol–water partition coefficient (Wildman–Crippen LogP) is 1.78. The Hall–Kier alpha value is -2.03. The molecule has 0 aliphatic carbocycles. The van der Waals surface area contributed by atoms with Gasteiger partial charge in [-0.25, -0.2) is 9.98 Å². The summed E-state index contributed by atoms with van der Waals surface area (Å²) < 4.78 is 42.4. The molecule has 1 unspecified atom stereocenters. The van der Waals surface area contributed by atoms with Crippen LogP contribution in [0.3, 0.4) is 0 Å². The van der Waals surface area contributed by atoms with Crippen molar-refractivity contribution in [3.63, 3.8) is 0 Å². The fourth-order valence-corrected chi connectivity index (χ4v) is 2.66. The third-order valence-electron chi connectivity index (χ3n) is 3.79. The molecular formula is C16H24F3N5O. The topological polar surface area (TPSA) is 61.8 Å². The molecule has 2 rings (SSSR count). The van der Waals surface area contributed by atoms with E-state index in [2.05, 4.69) is 20.6 Å². The number of methoxy groups -OCH3 is 1. The van der Waals surface area contributed by atoms with Gasteiger partial charge in [-0.05, 0) is 18.9 Å². The van der Waals surface area contributed by atoms with Crippen LogP contribution in [-0.2, 0) is 6.54 Å². The van der Waals surface area contributed by atoms with Gasteiger partial charge in [-0.2, -0.15) is 13.2 Å². The molecule has 1 aromatic heterocycles. The summed E-state index contributed by atoms with van der Waals surface area (Å²) in [5, 5.41) is 6.33. The van der Waals surface area contributed by atoms with Crippen LogP contribution in [-0.4, -0.2) is 61.4 Å². The lowest BCUT2D eigenvalue weighted by Gasteiger charge is -2.19. The lowest BCUT2D eigenvalue weighted by atomic mass is 10.2. The molecular weight excluding hydrogens is 335 g/mol. The summed E-state index contributed by atoms with van der Waals surface area (Å²) in [4.78, 5) is 10.0. The molecule has 1 saturated heterocycles. The highest BCUT2D eigenvalue weighted by Gasteiger charge is 2.34. The summed E-state index contributed by atoms with van der Waals surface area (Å²) in [5.41, 5.74) is 0.920. The molecule has 2 N–H and O–H groups in total. The number of halogens is 3. The first-order chi connectivity index (χ1) is 11.9. The Morgan fingerprint density at radius 1 is 1.44 bits per heavy atom. The molecule has 6 nitrogen and oxygen atoms in total. The van der Waals surface area contributed by atoms with Gasteiger partial charge in [0.05, 0.1) is 20.2 Å². The smallest absolute Gasteiger partial charge is 0.401 e. The zero-order chi connectivity index (χ0) is 18.3. The van der Waals surface area contributed by atoms with Gasteiger partial charge in [-0.3, -0.25) is 4.90 Å². The number of pyridine rings is 1. The first-order valence-corrected chi connectivity index (χ1v) is 8.22. The average Bonchev–Trinajstić information content (AvgIpc) is 2.98. The molecule has 0 saturated carbocycles. The minimum Gasteiger partial charge on any atom is -0.481 e. The second-order valence-electron chi connectivity index (χ2n) is 5.88. The number of hydrogen-bond donors (Lipinski definition) is 2. The number of rotatable bonds is 6. The monoisotopic (exact) mass is 359 g/mol. The summed E-state index contributed by atoms with van der Waals surface area (Å²) in [7, 11) is 1.55. The van der Waals surface area contributed by atoms with E-state index in [0.29, 0.717) is 44.4 Å². The molecule has 1 aliphatic heterocycles. The second kappa shape index (κ2) is 8.89. The normalized spacial score (nSPS) is 19.1. The minimum absolute atomic E-state index is 0.0471. The number of nitrogens with one attached hydrogen (secondary N) is 2. The van der Waals surface area contributed by atoms with E-state index < -0.39 is 12.7 Å². The van der Waals surface area contributed by atoms with Crippen molar-refractivity contribution in [1.82, 2.24) is 20.5 Å². The van der Waals surface area contributed by atoms with Gasteiger partial charge in [0, 0.05) is 37.9 Å². The van der Waals surface area contributed by atoms with Crippen molar-refractivity contribution >= 4 is 5.96 Å². The average molecular weight is 359 g/mol. The van der Waals surface area contributed by atoms with Gasteiger partial charge >= 0.3 is 6.18 Å². The quantitative estimate of drug-likeness (QED) is 0.599. The Balaban J connectivity index is 1.89. The number of aromatic nitrogens is 1. The van der Waals surface area contributed by atoms with E-state index in [9.17, 15) is 13.2 Å². The van der Waals surface area contributed by atoms with Gasteiger partial charge in [-0.1, -0.05) is 6.07 Å². The van der Waals surface area contributed by atoms with Crippen molar-refractivity contribution in [2.75, 3.05) is 33.3 Å². The molecule has 140 valence electrons. The summed E-state index contributed by atoms with van der Waals surface area (Å²) in [5.74, 6) is 1.13. The van der Waals surface area contributed by atoms with Crippen molar-refractivity contribution in [1.29, 1.82) is 0 Å². The van der Waals surface area contributed by atoms with Crippen LogP contribution in [0.2, 0.25) is 0 Å². The van der Waals surface area contributed by atoms with Crippen LogP contribution in [0.15, 0.2) is 23.3 Å². The molecule has 1 fully saturated rings. The molecule has 25 heavy (non-hydrogen) atoms. The van der Waals surface area contributed by atoms with Crippen LogP contribution in [0.4, 0.5) is 13.2 Å². The molecule has 0 amide bonds. The first kappa shape index (κ1) is 19.3. The number of nitrogens with zero attached hydrogens (tertiary/aromatic N) is 3. The highest BCUT2D eigenvalue weighted by atomic mass is 19.4. The standard InChI is InChI=1S/C16H24F3N5O/c1-3-20-15(22-9-12-4-5-14(25-2)21-8-12)23-13-6-7-24(10-13)11-16(17,18)19/h4-5,8,13H,3,6-7,9-11H2,1-2H3,(H2,20,22,23). The SMILES string of the molecule is CCNC(=NCc1ccc(OC)nc1)NC1CCN(CC(F)(F)F)C1. The number of aliphatic imine (C=N–C) groups is 1. The first-order valence-electron chi connectivity index (χ1n) is 8.22. The largest absolute Gasteiger partial charge is 0.481 e. The number of ether oxygens (including phenoxy) is 1. The Morgan fingerprint density at radius 2 is 2.24 bits per heavy atom. The maximum absolute atomic E-state index is 12.5. The molecule has 0 bridgehead atoms. The molecule has 0 spiro atoms. The summed E-state index contributed by atoms with van der Waals surface area (Å²) >= 11 is 0. The number of hydrogen-bond acceptors (Lipinski definition) is 4. The molecule has 1 aliphatic rings. The molecule has 1 aromatic rings. The van der Waals surface area contributed by atoms with E-state index in [1.54, 1.807) is 19.4 Å². The number of guanidine groups is 1. The summed E-state index contributed by atoms with van der Waals surface area (Å²) in [6.07, 6.45) is -1.81. The van der Waals surface area contributed by atoms with Crippen LogP contribution >= 0.6 is 0 Å². The van der Waals surface area contributed by atoms with Gasteiger partial charge in [0.2, 0.25) is 5.88 Å². The van der Waals surface area contributed by atoms with Crippen molar-refractivity contribution in [2.24, 2.45) is 4.99 Å². The summed E-state index contributed by atoms with van der Waals surface area (Å²) in [6.45, 7) is 2.96. The molecule has 2 heterocycles. The Bertz CT molecular complexity index is 562. The van der Waals surface area contributed by atoms with Crippen LogP contribution in [0.25, 0.3) is 0 Å². The lowest BCUT2D eigenvalue weighted by molar-refractivity contribution is -0.143. The van der Waals surface area contributed by atoms with Crippen molar-refractivity contribution in [2.45, 2.75) is 32.1 Å². The van der Waals surface area contributed by atoms with E-state index >= 15 is 0 Å². The van der Waals surface area contributed by atoms with Crippen LogP contribution in [0.1, 0.15) is 18.9 Å². The maximum Gasteiger partial charge on any atom is 0.401 e. The van der Waals surface area contributed by atoms with Crippen molar-refractivity contribution < 1.29 is 17.9 Å². The van der Waals surface area contributed by atoms with Crippen molar-refractivity contribution in [3.05, 3.63) is 23.9 Å². The van der Waals surface area contributed by atoms with Gasteiger partial charge in [0.15, 0.2) is 5.96 Å². The lowest BCUT2D eigenvalue weighted by Crippen LogP contribution is -2.45. The van der Waals surface area contributed by atoms with Gasteiger partial charge < -0.3 is 15.4 Å². The van der Waals surface area contributed by atoms with Crippen LogP contribution < -0.4 is 15.4 Å². The summed E-state index contributed by atoms with van der Waals surface area (Å²) in [6, 6.07) is 3.59. The highest BCUT2D eigenvalue weighted by Crippen LogP contribution is 2.19. The van der Waals surface area contributed by atoms with E-state index in [4.69, 9.17) is 4.74 Å². The van der Waals surface area contributed by atoms with Gasteiger partial charge in [-0.15, -0.1) is 0 Å². The third-order valence-corrected chi connectivity index (χ3v) is 3.79. The van der Waals surface area contributed by atoms with Crippen molar-refractivity contribution in [3.8, 4) is 5.88 Å². The van der Waals surface area contributed by atoms with Gasteiger partial charge in [0.25, 0.3) is 0 Å². The minimum atomic E-state index is -4.16. The fraction of sp³-hybridized carbons (Fsp3) is 0.625. The molecule has 9 heteroatoms. The third kappa shape index (κ3) is 6.77. The second-order valence-corrected chi connectivity index (χ2v) is 5.88. The Morgan fingerprint density at radius 3 is 2.84 bits per heavy atom. The number of likely N-dealkylation sites (tertiary alicyclic amines) is 1. The predicted molar refractivity (Wildman–Crippen MR) is 89.6 cm³/mol. The van der Waals surface area contributed by atoms with Crippen LogP contribution in [0, 0.1) is 0 Å². The van der Waals surface area contributed by atoms with Gasteiger partial charge in [0.1, 0.15) is 0 Å². The Labute approximate surface area is 145 Å². The zero-order valence-corrected chi connectivity index (χ0v) is 14.4. The maximum atomic E-state index is 12.5. The Kier molecular flexibility index (Phi) is 6.86. The van der Waals surface area contributed by atoms with E-state index in [1.807, 2.05) is 13.0 Å². The van der Waals surface area contributed by atoms with E-state index in [1.165, 1.54) is 4.90 Å². The zero-order valence-electron chi connectivity index (χ0n) is 14.4. The highest BCUT2D eigenvalue weighted by molar-refractivity contribution is 5.80. The molecule has 1 atom stereocenters. The number of alkyl halides is 3. The fourth-order valence-electron chi connectivity index (χ4n) is 2.66. The van der Waals surface area contributed by atoms with E-state index in [0.717, 1.165) is 5.56 Å². The van der Waals surface area contributed by atoms with Crippen LogP contribution in [0.5, 0.6) is 5.88 Å².